The highest BCUT2D eigenvalue weighted by Gasteiger charge is 2.29. The molecule has 0 aliphatic heterocycles. The lowest BCUT2D eigenvalue weighted by Gasteiger charge is -2.28. The molecule has 1 fully saturated rings. The van der Waals surface area contributed by atoms with Gasteiger partial charge in [-0.1, -0.05) is 61.7 Å². The minimum Gasteiger partial charge on any atom is -0.489 e. The van der Waals surface area contributed by atoms with Crippen molar-refractivity contribution in [3.63, 3.8) is 0 Å². The molecule has 41 heavy (non-hydrogen) atoms. The first-order chi connectivity index (χ1) is 19.7. The molecule has 0 unspecified atom stereocenters. The fraction of sp³-hybridized carbons (Fsp3) is 0.485. The Morgan fingerprint density at radius 1 is 0.927 bits per heavy atom. The molecular weight excluding hydrogens is 514 g/mol. The van der Waals surface area contributed by atoms with Crippen molar-refractivity contribution < 1.29 is 14.3 Å². The number of ether oxygens (including phenoxy) is 1. The van der Waals surface area contributed by atoms with E-state index in [4.69, 9.17) is 4.74 Å². The molecule has 4 N–H and O–H groups in total. The SMILES string of the molecule is CC(C)(C)NC(=O)[C@H](Cc1ccc(OCc2ccccc2)cc1)NC(=O)[C@H](Cc1c[nH]cn1)NCC1CCCCC1. The number of carbonyl (C=O) groups is 2. The Bertz CT molecular complexity index is 1200. The fourth-order valence-electron chi connectivity index (χ4n) is 5.21. The van der Waals surface area contributed by atoms with Crippen LogP contribution in [0.4, 0.5) is 0 Å². The minimum absolute atomic E-state index is 0.194. The smallest absolute Gasteiger partial charge is 0.243 e. The Balaban J connectivity index is 1.43. The predicted octanol–water partition coefficient (Wildman–Crippen LogP) is 4.71. The molecule has 0 spiro atoms. The van der Waals surface area contributed by atoms with E-state index in [-0.39, 0.29) is 11.8 Å². The van der Waals surface area contributed by atoms with Crippen LogP contribution in [0.1, 0.15) is 69.7 Å². The van der Waals surface area contributed by atoms with Crippen LogP contribution in [0.3, 0.4) is 0 Å². The van der Waals surface area contributed by atoms with Gasteiger partial charge < -0.3 is 25.7 Å². The summed E-state index contributed by atoms with van der Waals surface area (Å²) in [6.07, 6.45) is 10.4. The molecule has 1 aliphatic carbocycles. The fourth-order valence-corrected chi connectivity index (χ4v) is 5.21. The summed E-state index contributed by atoms with van der Waals surface area (Å²) in [4.78, 5) is 34.4. The number of amides is 2. The number of aromatic amines is 1. The molecule has 8 heteroatoms. The molecule has 1 aliphatic rings. The molecule has 220 valence electrons. The maximum Gasteiger partial charge on any atom is 0.243 e. The van der Waals surface area contributed by atoms with Crippen molar-refractivity contribution in [2.75, 3.05) is 6.54 Å². The van der Waals surface area contributed by atoms with Crippen LogP contribution >= 0.6 is 0 Å². The summed E-state index contributed by atoms with van der Waals surface area (Å²) in [6.45, 7) is 7.09. The van der Waals surface area contributed by atoms with Gasteiger partial charge in [0, 0.05) is 24.6 Å². The maximum atomic E-state index is 13.7. The monoisotopic (exact) mass is 559 g/mol. The summed E-state index contributed by atoms with van der Waals surface area (Å²) in [5.41, 5.74) is 2.41. The molecule has 2 amide bonds. The summed E-state index contributed by atoms with van der Waals surface area (Å²) >= 11 is 0. The Morgan fingerprint density at radius 2 is 1.66 bits per heavy atom. The number of aromatic nitrogens is 2. The van der Waals surface area contributed by atoms with Gasteiger partial charge in [-0.05, 0) is 69.3 Å². The third-order valence-corrected chi connectivity index (χ3v) is 7.40. The number of nitrogens with one attached hydrogen (secondary N) is 4. The number of H-pyrrole nitrogens is 1. The van der Waals surface area contributed by atoms with Crippen LogP contribution in [-0.4, -0.2) is 45.9 Å². The van der Waals surface area contributed by atoms with E-state index in [9.17, 15) is 9.59 Å². The molecule has 0 bridgehead atoms. The molecule has 1 heterocycles. The molecule has 1 aromatic heterocycles. The third-order valence-electron chi connectivity index (χ3n) is 7.40. The van der Waals surface area contributed by atoms with E-state index in [0.717, 1.165) is 29.1 Å². The number of hydrogen-bond donors (Lipinski definition) is 4. The molecule has 3 aromatic rings. The van der Waals surface area contributed by atoms with Crippen molar-refractivity contribution >= 4 is 11.8 Å². The summed E-state index contributed by atoms with van der Waals surface area (Å²) in [7, 11) is 0. The second-order valence-electron chi connectivity index (χ2n) is 12.2. The number of imidazole rings is 1. The van der Waals surface area contributed by atoms with E-state index in [1.165, 1.54) is 32.1 Å². The Hall–Kier alpha value is -3.65. The van der Waals surface area contributed by atoms with Gasteiger partial charge in [0.2, 0.25) is 11.8 Å². The van der Waals surface area contributed by atoms with Gasteiger partial charge >= 0.3 is 0 Å². The van der Waals surface area contributed by atoms with Gasteiger partial charge in [0.05, 0.1) is 18.1 Å². The van der Waals surface area contributed by atoms with Crippen molar-refractivity contribution in [1.82, 2.24) is 25.9 Å². The van der Waals surface area contributed by atoms with Crippen molar-refractivity contribution in [3.8, 4) is 5.75 Å². The third kappa shape index (κ3) is 10.4. The Labute approximate surface area is 244 Å². The van der Waals surface area contributed by atoms with E-state index >= 15 is 0 Å². The zero-order chi connectivity index (χ0) is 29.1. The number of hydrogen-bond acceptors (Lipinski definition) is 5. The molecule has 4 rings (SSSR count). The molecule has 2 aromatic carbocycles. The van der Waals surface area contributed by atoms with Crippen LogP contribution in [0, 0.1) is 5.92 Å². The van der Waals surface area contributed by atoms with Crippen LogP contribution in [0.25, 0.3) is 0 Å². The first kappa shape index (κ1) is 30.3. The topological polar surface area (TPSA) is 108 Å². The van der Waals surface area contributed by atoms with Gasteiger partial charge in [0.25, 0.3) is 0 Å². The lowest BCUT2D eigenvalue weighted by atomic mass is 9.89. The predicted molar refractivity (Wildman–Crippen MR) is 161 cm³/mol. The van der Waals surface area contributed by atoms with E-state index in [1.54, 1.807) is 6.33 Å². The second-order valence-corrected chi connectivity index (χ2v) is 12.2. The van der Waals surface area contributed by atoms with Crippen molar-refractivity contribution in [2.24, 2.45) is 5.92 Å². The largest absolute Gasteiger partial charge is 0.489 e. The maximum absolute atomic E-state index is 13.7. The normalized spacial score (nSPS) is 15.6. The van der Waals surface area contributed by atoms with Gasteiger partial charge in [-0.3, -0.25) is 9.59 Å². The summed E-state index contributed by atoms with van der Waals surface area (Å²) in [6, 6.07) is 16.5. The lowest BCUT2D eigenvalue weighted by molar-refractivity contribution is -0.130. The quantitative estimate of drug-likeness (QED) is 0.243. The second kappa shape index (κ2) is 14.8. The standard InChI is InChI=1S/C33H45N5O3/c1-33(2,3)38-32(40)30(18-24-14-16-28(17-15-24)41-22-26-12-8-5-9-13-26)37-31(39)29(19-27-21-34-23-36-27)35-20-25-10-6-4-7-11-25/h5,8-9,12-17,21,23,25,29-30,35H,4,6-7,10-11,18-20,22H2,1-3H3,(H,34,36)(H,37,39)(H,38,40)/t29-,30-/m0/s1. The van der Waals surface area contributed by atoms with Crippen molar-refractivity contribution in [3.05, 3.63) is 83.9 Å². The molecule has 0 radical (unpaired) electrons. The van der Waals surface area contributed by atoms with E-state index in [2.05, 4.69) is 25.9 Å². The van der Waals surface area contributed by atoms with Crippen LogP contribution < -0.4 is 20.7 Å². The number of carbonyl (C=O) groups excluding carboxylic acids is 2. The highest BCUT2D eigenvalue weighted by atomic mass is 16.5. The van der Waals surface area contributed by atoms with Crippen LogP contribution in [0.2, 0.25) is 0 Å². The van der Waals surface area contributed by atoms with Crippen molar-refractivity contribution in [2.45, 2.75) is 89.9 Å². The zero-order valence-electron chi connectivity index (χ0n) is 24.6. The van der Waals surface area contributed by atoms with E-state index in [1.807, 2.05) is 81.6 Å². The van der Waals surface area contributed by atoms with Gasteiger partial charge in [0.15, 0.2) is 0 Å². The van der Waals surface area contributed by atoms with Crippen LogP contribution in [0.5, 0.6) is 5.75 Å². The van der Waals surface area contributed by atoms with Gasteiger partial charge in [-0.25, -0.2) is 4.98 Å². The van der Waals surface area contributed by atoms with E-state index < -0.39 is 17.6 Å². The number of rotatable bonds is 13. The summed E-state index contributed by atoms with van der Waals surface area (Å²) < 4.78 is 5.92. The van der Waals surface area contributed by atoms with Gasteiger partial charge in [-0.15, -0.1) is 0 Å². The van der Waals surface area contributed by atoms with Crippen LogP contribution in [0.15, 0.2) is 67.1 Å². The average molecular weight is 560 g/mol. The summed E-state index contributed by atoms with van der Waals surface area (Å²) in [5.74, 6) is 0.922. The van der Waals surface area contributed by atoms with Gasteiger partial charge in [0.1, 0.15) is 18.4 Å². The highest BCUT2D eigenvalue weighted by Crippen LogP contribution is 2.23. The average Bonchev–Trinajstić information content (AvgIpc) is 3.48. The summed E-state index contributed by atoms with van der Waals surface area (Å²) in [5, 5.41) is 9.62. The zero-order valence-corrected chi connectivity index (χ0v) is 24.6. The first-order valence-corrected chi connectivity index (χ1v) is 14.8. The molecule has 0 saturated heterocycles. The molecule has 8 nitrogen and oxygen atoms in total. The number of nitrogens with zero attached hydrogens (tertiary/aromatic N) is 1. The Kier molecular flexibility index (Phi) is 11.0. The molecular formula is C33H45N5O3. The molecule has 2 atom stereocenters. The first-order valence-electron chi connectivity index (χ1n) is 14.8. The number of benzene rings is 2. The van der Waals surface area contributed by atoms with Gasteiger partial charge in [-0.2, -0.15) is 0 Å². The Morgan fingerprint density at radius 3 is 2.32 bits per heavy atom. The van der Waals surface area contributed by atoms with Crippen molar-refractivity contribution in [1.29, 1.82) is 0 Å². The highest BCUT2D eigenvalue weighted by molar-refractivity contribution is 5.90. The van der Waals surface area contributed by atoms with E-state index in [0.29, 0.717) is 25.4 Å². The molecule has 1 saturated carbocycles. The minimum atomic E-state index is -0.726. The lowest BCUT2D eigenvalue weighted by Crippen LogP contribution is -2.57. The van der Waals surface area contributed by atoms with Crippen LogP contribution in [-0.2, 0) is 29.0 Å².